The number of nitrogens with two attached hydrogens (primary N) is 1. The van der Waals surface area contributed by atoms with E-state index >= 15 is 0 Å². The van der Waals surface area contributed by atoms with E-state index in [-0.39, 0.29) is 11.9 Å². The van der Waals surface area contributed by atoms with E-state index in [1.54, 1.807) is 0 Å². The standard InChI is InChI=1S/C26H30N4O3S/c1-14-2-7-21-23(27)24(34-26(21)28-14)25(31)30-20-9-17-4-3-16(10-22(17)33-13-20)15-5-6-18-11-32-12-19(8-15)29-18/h2-4,7,10,15,18-20,29H,5-6,8-9,11-13,27H2,1H3,(H,30,31)/t15?,18?,19?,20-/m1/s1. The molecule has 2 saturated heterocycles. The highest BCUT2D eigenvalue weighted by atomic mass is 32.1. The van der Waals surface area contributed by atoms with Gasteiger partial charge in [0.15, 0.2) is 0 Å². The van der Waals surface area contributed by atoms with Crippen LogP contribution in [0.1, 0.15) is 51.7 Å². The van der Waals surface area contributed by atoms with Crippen molar-refractivity contribution in [2.45, 2.75) is 56.7 Å². The first-order valence-electron chi connectivity index (χ1n) is 12.1. The summed E-state index contributed by atoms with van der Waals surface area (Å²) < 4.78 is 11.9. The van der Waals surface area contributed by atoms with E-state index in [1.165, 1.54) is 23.3 Å². The van der Waals surface area contributed by atoms with Crippen LogP contribution < -0.4 is 21.1 Å². The first kappa shape index (κ1) is 21.8. The molecule has 178 valence electrons. The summed E-state index contributed by atoms with van der Waals surface area (Å²) in [5, 5.41) is 7.68. The van der Waals surface area contributed by atoms with Crippen LogP contribution in [0.3, 0.4) is 0 Å². The summed E-state index contributed by atoms with van der Waals surface area (Å²) in [7, 11) is 0. The van der Waals surface area contributed by atoms with Gasteiger partial charge in [-0.1, -0.05) is 12.1 Å². The smallest absolute Gasteiger partial charge is 0.263 e. The third-order valence-electron chi connectivity index (χ3n) is 7.29. The Morgan fingerprint density at radius 3 is 2.97 bits per heavy atom. The second kappa shape index (κ2) is 8.83. The molecule has 4 atom stereocenters. The van der Waals surface area contributed by atoms with E-state index in [0.717, 1.165) is 59.7 Å². The highest BCUT2D eigenvalue weighted by molar-refractivity contribution is 7.21. The fourth-order valence-corrected chi connectivity index (χ4v) is 6.54. The van der Waals surface area contributed by atoms with Gasteiger partial charge in [0.25, 0.3) is 5.91 Å². The third kappa shape index (κ3) is 4.15. The monoisotopic (exact) mass is 478 g/mol. The van der Waals surface area contributed by atoms with E-state index in [2.05, 4.69) is 33.8 Å². The molecule has 4 N–H and O–H groups in total. The second-order valence-corrected chi connectivity index (χ2v) is 10.8. The zero-order chi connectivity index (χ0) is 23.2. The predicted molar refractivity (Wildman–Crippen MR) is 134 cm³/mol. The van der Waals surface area contributed by atoms with Crippen LogP contribution in [0, 0.1) is 6.92 Å². The summed E-state index contributed by atoms with van der Waals surface area (Å²) in [5.74, 6) is 1.30. The number of hydrogen-bond acceptors (Lipinski definition) is 7. The number of benzene rings is 1. The Morgan fingerprint density at radius 1 is 1.18 bits per heavy atom. The zero-order valence-corrected chi connectivity index (χ0v) is 20.1. The molecule has 3 unspecified atom stereocenters. The number of anilines is 1. The van der Waals surface area contributed by atoms with Crippen LogP contribution >= 0.6 is 11.3 Å². The minimum absolute atomic E-state index is 0.0939. The van der Waals surface area contributed by atoms with Gasteiger partial charge >= 0.3 is 0 Å². The molecule has 0 radical (unpaired) electrons. The molecule has 1 aromatic carbocycles. The Labute approximate surface area is 203 Å². The van der Waals surface area contributed by atoms with Crippen LogP contribution in [-0.2, 0) is 11.2 Å². The topological polar surface area (TPSA) is 98.5 Å². The fourth-order valence-electron chi connectivity index (χ4n) is 5.50. The fraction of sp³-hybridized carbons (Fsp3) is 0.462. The van der Waals surface area contributed by atoms with Crippen molar-refractivity contribution in [3.8, 4) is 5.75 Å². The molecule has 2 fully saturated rings. The largest absolute Gasteiger partial charge is 0.491 e. The molecule has 0 spiro atoms. The number of rotatable bonds is 3. The Hall–Kier alpha value is -2.68. The third-order valence-corrected chi connectivity index (χ3v) is 8.40. The van der Waals surface area contributed by atoms with Crippen LogP contribution in [0.2, 0.25) is 0 Å². The lowest BCUT2D eigenvalue weighted by molar-refractivity contribution is 0.0472. The van der Waals surface area contributed by atoms with Crippen LogP contribution in [0.4, 0.5) is 5.69 Å². The SMILES string of the molecule is Cc1ccc2c(N)c(C(=O)N[C@H]3COc4cc(C5CCC6COCC(C5)N6)ccc4C3)sc2n1. The minimum Gasteiger partial charge on any atom is -0.491 e. The molecule has 7 nitrogen and oxygen atoms in total. The number of amides is 1. The molecule has 8 heteroatoms. The zero-order valence-electron chi connectivity index (χ0n) is 19.3. The molecule has 5 heterocycles. The Morgan fingerprint density at radius 2 is 2.06 bits per heavy atom. The molecular weight excluding hydrogens is 448 g/mol. The van der Waals surface area contributed by atoms with Crippen molar-refractivity contribution in [1.29, 1.82) is 0 Å². The van der Waals surface area contributed by atoms with E-state index in [4.69, 9.17) is 15.2 Å². The van der Waals surface area contributed by atoms with Gasteiger partial charge < -0.3 is 25.8 Å². The number of fused-ring (bicyclic) bond motifs is 4. The highest BCUT2D eigenvalue weighted by Crippen LogP contribution is 2.36. The number of thiophene rings is 1. The quantitative estimate of drug-likeness (QED) is 0.533. The molecule has 0 aliphatic carbocycles. The summed E-state index contributed by atoms with van der Waals surface area (Å²) >= 11 is 1.34. The lowest BCUT2D eigenvalue weighted by atomic mass is 9.88. The average Bonchev–Trinajstić information content (AvgIpc) is 3.08. The molecule has 34 heavy (non-hydrogen) atoms. The number of nitrogens with one attached hydrogen (secondary N) is 2. The van der Waals surface area contributed by atoms with Crippen molar-refractivity contribution in [2.75, 3.05) is 25.6 Å². The number of carbonyl (C=O) groups is 1. The van der Waals surface area contributed by atoms with Gasteiger partial charge in [0.1, 0.15) is 22.1 Å². The number of ether oxygens (including phenoxy) is 2. The lowest BCUT2D eigenvalue weighted by Gasteiger charge is -2.29. The first-order chi connectivity index (χ1) is 16.5. The number of carbonyl (C=O) groups excluding carboxylic acids is 1. The molecule has 1 amide bonds. The molecule has 2 aromatic heterocycles. The van der Waals surface area contributed by atoms with Gasteiger partial charge in [-0.05, 0) is 67.9 Å². The summed E-state index contributed by atoms with van der Waals surface area (Å²) in [4.78, 5) is 18.8. The van der Waals surface area contributed by atoms with E-state index in [0.29, 0.717) is 35.2 Å². The summed E-state index contributed by atoms with van der Waals surface area (Å²) in [5.41, 5.74) is 10.2. The van der Waals surface area contributed by atoms with Gasteiger partial charge in [-0.15, -0.1) is 11.3 Å². The summed E-state index contributed by atoms with van der Waals surface area (Å²) in [6.45, 7) is 4.02. The minimum atomic E-state index is -0.161. The Bertz CT molecular complexity index is 1240. The number of aromatic nitrogens is 1. The average molecular weight is 479 g/mol. The number of hydrogen-bond donors (Lipinski definition) is 3. The van der Waals surface area contributed by atoms with Gasteiger partial charge in [-0.25, -0.2) is 4.98 Å². The molecule has 3 aromatic rings. The molecule has 3 aliphatic heterocycles. The van der Waals surface area contributed by atoms with Crippen LogP contribution in [0.15, 0.2) is 30.3 Å². The van der Waals surface area contributed by atoms with Crippen molar-refractivity contribution in [1.82, 2.24) is 15.6 Å². The predicted octanol–water partition coefficient (Wildman–Crippen LogP) is 3.54. The highest BCUT2D eigenvalue weighted by Gasteiger charge is 2.31. The molecule has 0 saturated carbocycles. The molecule has 6 rings (SSSR count). The van der Waals surface area contributed by atoms with Gasteiger partial charge in [0.05, 0.1) is 24.9 Å². The Balaban J connectivity index is 1.14. The van der Waals surface area contributed by atoms with Crippen LogP contribution in [0.25, 0.3) is 10.2 Å². The molecule has 2 bridgehead atoms. The number of morpholine rings is 1. The number of nitrogens with zero attached hydrogens (tertiary/aromatic N) is 1. The van der Waals surface area contributed by atoms with Crippen LogP contribution in [-0.4, -0.2) is 48.8 Å². The van der Waals surface area contributed by atoms with E-state index < -0.39 is 0 Å². The van der Waals surface area contributed by atoms with E-state index in [1.807, 2.05) is 19.1 Å². The van der Waals surface area contributed by atoms with Crippen LogP contribution in [0.5, 0.6) is 5.75 Å². The van der Waals surface area contributed by atoms with Gasteiger partial charge in [0.2, 0.25) is 0 Å². The van der Waals surface area contributed by atoms with Crippen molar-refractivity contribution in [3.63, 3.8) is 0 Å². The maximum Gasteiger partial charge on any atom is 0.263 e. The maximum atomic E-state index is 13.0. The van der Waals surface area contributed by atoms with E-state index in [9.17, 15) is 4.79 Å². The van der Waals surface area contributed by atoms with Crippen molar-refractivity contribution >= 4 is 33.1 Å². The number of nitrogen functional groups attached to an aromatic ring is 1. The summed E-state index contributed by atoms with van der Waals surface area (Å²) in [6, 6.07) is 11.3. The first-order valence-corrected chi connectivity index (χ1v) is 12.9. The second-order valence-electron chi connectivity index (χ2n) is 9.81. The van der Waals surface area contributed by atoms with Gasteiger partial charge in [-0.2, -0.15) is 0 Å². The molecular formula is C26H30N4O3S. The van der Waals surface area contributed by atoms with Gasteiger partial charge in [0, 0.05) is 23.2 Å². The van der Waals surface area contributed by atoms with Crippen molar-refractivity contribution < 1.29 is 14.3 Å². The summed E-state index contributed by atoms with van der Waals surface area (Å²) in [6.07, 6.45) is 4.15. The normalized spacial score (nSPS) is 26.4. The maximum absolute atomic E-state index is 13.0. The van der Waals surface area contributed by atoms with Crippen molar-refractivity contribution in [2.24, 2.45) is 0 Å². The van der Waals surface area contributed by atoms with Crippen molar-refractivity contribution in [3.05, 3.63) is 52.0 Å². The number of aryl methyl sites for hydroxylation is 1. The van der Waals surface area contributed by atoms with Gasteiger partial charge in [-0.3, -0.25) is 4.79 Å². The lowest BCUT2D eigenvalue weighted by Crippen LogP contribution is -2.47. The Kier molecular flexibility index (Phi) is 5.67. The number of pyridine rings is 1. The molecule has 3 aliphatic rings.